The van der Waals surface area contributed by atoms with Crippen LogP contribution >= 0.6 is 0 Å². The van der Waals surface area contributed by atoms with Gasteiger partial charge in [0.2, 0.25) is 22.7 Å². The van der Waals surface area contributed by atoms with Gasteiger partial charge in [-0.2, -0.15) is 4.31 Å². The molecular weight excluding hydrogens is 356 g/mol. The molecule has 0 fully saturated rings. The summed E-state index contributed by atoms with van der Waals surface area (Å²) in [5.74, 6) is 0.718. The maximum absolute atomic E-state index is 12.4. The summed E-state index contributed by atoms with van der Waals surface area (Å²) in [6, 6.07) is 13.7. The number of hydrogen-bond acceptors (Lipinski definition) is 5. The van der Waals surface area contributed by atoms with Crippen molar-refractivity contribution in [1.82, 2.24) is 4.31 Å². The Morgan fingerprint density at radius 2 is 1.85 bits per heavy atom. The highest BCUT2D eigenvalue weighted by molar-refractivity contribution is 7.88. The predicted octanol–water partition coefficient (Wildman–Crippen LogP) is 2.38. The third kappa shape index (κ3) is 4.14. The maximum atomic E-state index is 12.4. The van der Waals surface area contributed by atoms with Gasteiger partial charge >= 0.3 is 0 Å². The number of amides is 1. The summed E-state index contributed by atoms with van der Waals surface area (Å²) in [4.78, 5) is 12.4. The molecule has 3 rings (SSSR count). The van der Waals surface area contributed by atoms with E-state index in [4.69, 9.17) is 9.47 Å². The number of carbonyl (C=O) groups is 1. The Hall–Kier alpha value is -2.58. The predicted molar refractivity (Wildman–Crippen MR) is 97.6 cm³/mol. The minimum absolute atomic E-state index is 0.142. The molecule has 0 spiro atoms. The van der Waals surface area contributed by atoms with Crippen molar-refractivity contribution >= 4 is 21.6 Å². The molecule has 2 aromatic carbocycles. The van der Waals surface area contributed by atoms with Gasteiger partial charge in [-0.3, -0.25) is 4.79 Å². The van der Waals surface area contributed by atoms with Crippen LogP contribution in [0.5, 0.6) is 11.5 Å². The van der Waals surface area contributed by atoms with E-state index in [9.17, 15) is 13.2 Å². The molecule has 1 amide bonds. The molecule has 1 atom stereocenters. The molecule has 26 heavy (non-hydrogen) atoms. The van der Waals surface area contributed by atoms with Gasteiger partial charge in [0.1, 0.15) is 0 Å². The second-order valence-corrected chi connectivity index (χ2v) is 7.95. The average Bonchev–Trinajstić information content (AvgIpc) is 3.06. The zero-order valence-electron chi connectivity index (χ0n) is 14.5. The first-order valence-electron chi connectivity index (χ1n) is 8.06. The van der Waals surface area contributed by atoms with E-state index in [2.05, 4.69) is 5.32 Å². The molecule has 8 heteroatoms. The van der Waals surface area contributed by atoms with Gasteiger partial charge in [-0.15, -0.1) is 0 Å². The van der Waals surface area contributed by atoms with Crippen molar-refractivity contribution in [2.45, 2.75) is 13.0 Å². The van der Waals surface area contributed by atoms with E-state index in [0.717, 1.165) is 11.8 Å². The highest BCUT2D eigenvalue weighted by Crippen LogP contribution is 2.34. The van der Waals surface area contributed by atoms with Gasteiger partial charge in [0.15, 0.2) is 11.5 Å². The molecular formula is C18H20N2O5S. The van der Waals surface area contributed by atoms with E-state index in [1.54, 1.807) is 25.1 Å². The molecule has 138 valence electrons. The third-order valence-corrected chi connectivity index (χ3v) is 5.39. The molecule has 0 bridgehead atoms. The monoisotopic (exact) mass is 376 g/mol. The van der Waals surface area contributed by atoms with Crippen molar-refractivity contribution in [1.29, 1.82) is 0 Å². The molecule has 0 saturated heterocycles. The van der Waals surface area contributed by atoms with E-state index in [-0.39, 0.29) is 13.3 Å². The molecule has 0 aliphatic carbocycles. The normalized spacial score (nSPS) is 14.3. The Kier molecular flexibility index (Phi) is 5.15. The van der Waals surface area contributed by atoms with Crippen LogP contribution in [0.15, 0.2) is 48.5 Å². The number of nitrogens with zero attached hydrogens (tertiary/aromatic N) is 1. The fourth-order valence-corrected chi connectivity index (χ4v) is 3.80. The van der Waals surface area contributed by atoms with E-state index in [1.165, 1.54) is 4.31 Å². The number of nitrogens with one attached hydrogen (secondary N) is 1. The van der Waals surface area contributed by atoms with Gasteiger partial charge in [0.25, 0.3) is 0 Å². The van der Waals surface area contributed by atoms with E-state index in [1.807, 2.05) is 30.3 Å². The minimum Gasteiger partial charge on any atom is -0.454 e. The van der Waals surface area contributed by atoms with Crippen LogP contribution in [-0.4, -0.2) is 38.2 Å². The van der Waals surface area contributed by atoms with Crippen LogP contribution in [-0.2, 0) is 14.8 Å². The summed E-state index contributed by atoms with van der Waals surface area (Å²) in [5.41, 5.74) is 1.33. The fraction of sp³-hybridized carbons (Fsp3) is 0.278. The summed E-state index contributed by atoms with van der Waals surface area (Å²) in [7, 11) is -3.58. The Morgan fingerprint density at radius 3 is 2.54 bits per heavy atom. The first-order valence-corrected chi connectivity index (χ1v) is 9.90. The van der Waals surface area contributed by atoms with E-state index in [0.29, 0.717) is 17.2 Å². The van der Waals surface area contributed by atoms with Crippen molar-refractivity contribution in [2.75, 3.05) is 24.9 Å². The molecule has 0 radical (unpaired) electrons. The van der Waals surface area contributed by atoms with Crippen molar-refractivity contribution in [2.24, 2.45) is 0 Å². The minimum atomic E-state index is -3.58. The highest BCUT2D eigenvalue weighted by Gasteiger charge is 2.27. The molecule has 7 nitrogen and oxygen atoms in total. The Morgan fingerprint density at radius 1 is 1.15 bits per heavy atom. The van der Waals surface area contributed by atoms with Crippen LogP contribution in [0.3, 0.4) is 0 Å². The van der Waals surface area contributed by atoms with Crippen LogP contribution in [0, 0.1) is 0 Å². The number of hydrogen-bond donors (Lipinski definition) is 1. The molecule has 2 aromatic rings. The van der Waals surface area contributed by atoms with Crippen molar-refractivity contribution in [3.05, 3.63) is 54.1 Å². The van der Waals surface area contributed by atoms with E-state index >= 15 is 0 Å². The lowest BCUT2D eigenvalue weighted by molar-refractivity contribution is -0.116. The first-order chi connectivity index (χ1) is 12.3. The van der Waals surface area contributed by atoms with Crippen LogP contribution in [0.2, 0.25) is 0 Å². The maximum Gasteiger partial charge on any atom is 0.239 e. The SMILES string of the molecule is CC(c1ccccc1)N(CC(=O)Nc1ccc2c(c1)OCO2)S(C)(=O)=O. The zero-order valence-corrected chi connectivity index (χ0v) is 15.3. The molecule has 1 aliphatic heterocycles. The first kappa shape index (κ1) is 18.2. The van der Waals surface area contributed by atoms with Gasteiger partial charge in [0.05, 0.1) is 12.8 Å². The summed E-state index contributed by atoms with van der Waals surface area (Å²) in [6.07, 6.45) is 1.10. The second kappa shape index (κ2) is 7.35. The lowest BCUT2D eigenvalue weighted by Crippen LogP contribution is -2.39. The van der Waals surface area contributed by atoms with Crippen LogP contribution < -0.4 is 14.8 Å². The fourth-order valence-electron chi connectivity index (χ4n) is 2.76. The zero-order chi connectivity index (χ0) is 18.7. The van der Waals surface area contributed by atoms with Gasteiger partial charge in [0, 0.05) is 17.8 Å². The molecule has 0 saturated carbocycles. The van der Waals surface area contributed by atoms with Gasteiger partial charge in [-0.25, -0.2) is 8.42 Å². The van der Waals surface area contributed by atoms with Crippen LogP contribution in [0.25, 0.3) is 0 Å². The Balaban J connectivity index is 1.73. The van der Waals surface area contributed by atoms with Crippen LogP contribution in [0.1, 0.15) is 18.5 Å². The standard InChI is InChI=1S/C18H20N2O5S/c1-13(14-6-4-3-5-7-14)20(26(2,22)23)11-18(21)19-15-8-9-16-17(10-15)25-12-24-16/h3-10,13H,11-12H2,1-2H3,(H,19,21). The topological polar surface area (TPSA) is 84.9 Å². The highest BCUT2D eigenvalue weighted by atomic mass is 32.2. The molecule has 1 unspecified atom stereocenters. The van der Waals surface area contributed by atoms with Gasteiger partial charge in [-0.1, -0.05) is 30.3 Å². The lowest BCUT2D eigenvalue weighted by atomic mass is 10.1. The number of benzene rings is 2. The number of rotatable bonds is 6. The van der Waals surface area contributed by atoms with Crippen LogP contribution in [0.4, 0.5) is 5.69 Å². The van der Waals surface area contributed by atoms with Crippen molar-refractivity contribution in [3.8, 4) is 11.5 Å². The largest absolute Gasteiger partial charge is 0.454 e. The molecule has 0 aromatic heterocycles. The number of anilines is 1. The van der Waals surface area contributed by atoms with Crippen molar-refractivity contribution < 1.29 is 22.7 Å². The second-order valence-electron chi connectivity index (χ2n) is 6.01. The Bertz CT molecular complexity index is 899. The van der Waals surface area contributed by atoms with E-state index < -0.39 is 22.0 Å². The Labute approximate surface area is 152 Å². The summed E-state index contributed by atoms with van der Waals surface area (Å²) < 4.78 is 36.1. The molecule has 1 aliphatic rings. The number of ether oxygens (including phenoxy) is 2. The van der Waals surface area contributed by atoms with Gasteiger partial charge < -0.3 is 14.8 Å². The summed E-state index contributed by atoms with van der Waals surface area (Å²) in [5, 5.41) is 2.70. The molecule has 1 N–H and O–H groups in total. The number of fused-ring (bicyclic) bond motifs is 1. The quantitative estimate of drug-likeness (QED) is 0.837. The molecule has 1 heterocycles. The smallest absolute Gasteiger partial charge is 0.239 e. The summed E-state index contributed by atoms with van der Waals surface area (Å²) >= 11 is 0. The number of sulfonamides is 1. The average molecular weight is 376 g/mol. The number of carbonyl (C=O) groups excluding carboxylic acids is 1. The van der Waals surface area contributed by atoms with Gasteiger partial charge in [-0.05, 0) is 24.6 Å². The summed E-state index contributed by atoms with van der Waals surface area (Å²) in [6.45, 7) is 1.61. The third-order valence-electron chi connectivity index (χ3n) is 4.10. The lowest BCUT2D eigenvalue weighted by Gasteiger charge is -2.26. The van der Waals surface area contributed by atoms with Crippen molar-refractivity contribution in [3.63, 3.8) is 0 Å².